The molecule has 1 aromatic carbocycles. The van der Waals surface area contributed by atoms with Crippen LogP contribution in [0.5, 0.6) is 0 Å². The average molecular weight is 276 g/mol. The van der Waals surface area contributed by atoms with Gasteiger partial charge in [-0.3, -0.25) is 0 Å². The molecule has 4 nitrogen and oxygen atoms in total. The van der Waals surface area contributed by atoms with E-state index in [1.165, 1.54) is 5.56 Å². The minimum atomic E-state index is -0.197. The van der Waals surface area contributed by atoms with Crippen molar-refractivity contribution in [1.82, 2.24) is 5.32 Å². The summed E-state index contributed by atoms with van der Waals surface area (Å²) in [6.45, 7) is 6.07. The molecule has 1 aromatic rings. The van der Waals surface area contributed by atoms with Crippen molar-refractivity contribution in [3.8, 4) is 0 Å². The lowest BCUT2D eigenvalue weighted by atomic mass is 9.93. The summed E-state index contributed by atoms with van der Waals surface area (Å²) in [5.74, 6) is 0. The summed E-state index contributed by atoms with van der Waals surface area (Å²) < 4.78 is 0. The Morgan fingerprint density at radius 3 is 2.20 bits per heavy atom. The van der Waals surface area contributed by atoms with Crippen LogP contribution in [-0.4, -0.2) is 23.3 Å². The number of benzene rings is 1. The number of anilines is 1. The van der Waals surface area contributed by atoms with Gasteiger partial charge in [0, 0.05) is 11.7 Å². The van der Waals surface area contributed by atoms with Crippen molar-refractivity contribution in [3.63, 3.8) is 0 Å². The smallest absolute Gasteiger partial charge is 0.319 e. The summed E-state index contributed by atoms with van der Waals surface area (Å²) in [5, 5.41) is 15.4. The molecule has 0 bridgehead atoms. The molecular weight excluding hydrogens is 252 g/mol. The highest BCUT2D eigenvalue weighted by Crippen LogP contribution is 2.22. The Labute approximate surface area is 120 Å². The van der Waals surface area contributed by atoms with Crippen LogP contribution in [0.15, 0.2) is 12.1 Å². The molecule has 1 aliphatic rings. The molecule has 0 aromatic heterocycles. The lowest BCUT2D eigenvalue weighted by Gasteiger charge is -2.26. The lowest BCUT2D eigenvalue weighted by molar-refractivity contribution is 0.118. The van der Waals surface area contributed by atoms with Gasteiger partial charge in [0.1, 0.15) is 0 Å². The Morgan fingerprint density at radius 2 is 1.65 bits per heavy atom. The third kappa shape index (κ3) is 3.73. The highest BCUT2D eigenvalue weighted by atomic mass is 16.3. The Kier molecular flexibility index (Phi) is 4.65. The second kappa shape index (κ2) is 6.27. The van der Waals surface area contributed by atoms with E-state index in [0.717, 1.165) is 42.5 Å². The van der Waals surface area contributed by atoms with Crippen molar-refractivity contribution < 1.29 is 9.90 Å². The zero-order valence-corrected chi connectivity index (χ0v) is 12.5. The molecule has 4 heteroatoms. The molecule has 2 rings (SSSR count). The molecule has 0 aliphatic heterocycles. The fourth-order valence-corrected chi connectivity index (χ4v) is 2.93. The van der Waals surface area contributed by atoms with Gasteiger partial charge in [-0.25, -0.2) is 4.79 Å². The Hall–Kier alpha value is -1.55. The number of aliphatic hydroxyl groups excluding tert-OH is 1. The molecule has 0 heterocycles. The Bertz CT molecular complexity index is 468. The van der Waals surface area contributed by atoms with Crippen molar-refractivity contribution >= 4 is 11.7 Å². The van der Waals surface area contributed by atoms with Crippen LogP contribution in [0, 0.1) is 20.8 Å². The summed E-state index contributed by atoms with van der Waals surface area (Å²) >= 11 is 0. The van der Waals surface area contributed by atoms with Gasteiger partial charge in [0.15, 0.2) is 0 Å². The lowest BCUT2D eigenvalue weighted by Crippen LogP contribution is -2.41. The molecule has 0 saturated heterocycles. The standard InChI is InChI=1S/C16H24N2O2/c1-10-8-11(2)15(12(3)9-10)18-16(20)17-13-4-6-14(19)7-5-13/h8-9,13-14,19H,4-7H2,1-3H3,(H2,17,18,20). The largest absolute Gasteiger partial charge is 0.393 e. The predicted molar refractivity (Wildman–Crippen MR) is 81.1 cm³/mol. The van der Waals surface area contributed by atoms with E-state index < -0.39 is 0 Å². The average Bonchev–Trinajstić information content (AvgIpc) is 2.36. The molecule has 1 saturated carbocycles. The summed E-state index contributed by atoms with van der Waals surface area (Å²) in [7, 11) is 0. The van der Waals surface area contributed by atoms with E-state index in [9.17, 15) is 9.90 Å². The van der Waals surface area contributed by atoms with Gasteiger partial charge in [-0.05, 0) is 57.6 Å². The highest BCUT2D eigenvalue weighted by Gasteiger charge is 2.21. The number of hydrogen-bond acceptors (Lipinski definition) is 2. The van der Waals surface area contributed by atoms with Crippen molar-refractivity contribution in [2.45, 2.75) is 58.6 Å². The van der Waals surface area contributed by atoms with E-state index in [0.29, 0.717) is 0 Å². The van der Waals surface area contributed by atoms with Crippen LogP contribution in [0.3, 0.4) is 0 Å². The maximum Gasteiger partial charge on any atom is 0.319 e. The van der Waals surface area contributed by atoms with Gasteiger partial charge in [-0.2, -0.15) is 0 Å². The molecule has 1 fully saturated rings. The highest BCUT2D eigenvalue weighted by molar-refractivity contribution is 5.91. The Morgan fingerprint density at radius 1 is 1.10 bits per heavy atom. The maximum atomic E-state index is 12.1. The quantitative estimate of drug-likeness (QED) is 0.777. The number of carbonyl (C=O) groups excluding carboxylic acids is 1. The van der Waals surface area contributed by atoms with Crippen LogP contribution in [0.2, 0.25) is 0 Å². The number of carbonyl (C=O) groups is 1. The van der Waals surface area contributed by atoms with Crippen LogP contribution >= 0.6 is 0 Å². The van der Waals surface area contributed by atoms with Gasteiger partial charge >= 0.3 is 6.03 Å². The van der Waals surface area contributed by atoms with Crippen LogP contribution in [0.25, 0.3) is 0 Å². The molecule has 1 aliphatic carbocycles. The normalized spacial score (nSPS) is 22.4. The Balaban J connectivity index is 1.95. The van der Waals surface area contributed by atoms with Crippen LogP contribution in [0.4, 0.5) is 10.5 Å². The number of urea groups is 1. The van der Waals surface area contributed by atoms with E-state index in [4.69, 9.17) is 0 Å². The molecule has 3 N–H and O–H groups in total. The van der Waals surface area contributed by atoms with Crippen molar-refractivity contribution in [1.29, 1.82) is 0 Å². The zero-order valence-electron chi connectivity index (χ0n) is 12.5. The molecule has 110 valence electrons. The van der Waals surface area contributed by atoms with Gasteiger partial charge in [0.25, 0.3) is 0 Å². The number of aliphatic hydroxyl groups is 1. The number of rotatable bonds is 2. The first kappa shape index (κ1) is 14.9. The van der Waals surface area contributed by atoms with E-state index >= 15 is 0 Å². The molecule has 0 spiro atoms. The minimum absolute atomic E-state index is 0.151. The minimum Gasteiger partial charge on any atom is -0.393 e. The van der Waals surface area contributed by atoms with Gasteiger partial charge in [0.2, 0.25) is 0 Å². The first-order valence-electron chi connectivity index (χ1n) is 7.29. The predicted octanol–water partition coefficient (Wildman–Crippen LogP) is 3.04. The van der Waals surface area contributed by atoms with Gasteiger partial charge in [-0.15, -0.1) is 0 Å². The molecule has 0 unspecified atom stereocenters. The van der Waals surface area contributed by atoms with E-state index in [1.54, 1.807) is 0 Å². The van der Waals surface area contributed by atoms with E-state index in [2.05, 4.69) is 29.7 Å². The monoisotopic (exact) mass is 276 g/mol. The molecule has 0 atom stereocenters. The first-order valence-corrected chi connectivity index (χ1v) is 7.29. The number of hydrogen-bond donors (Lipinski definition) is 3. The fraction of sp³-hybridized carbons (Fsp3) is 0.562. The number of nitrogens with one attached hydrogen (secondary N) is 2. The molecular formula is C16H24N2O2. The maximum absolute atomic E-state index is 12.1. The zero-order chi connectivity index (χ0) is 14.7. The summed E-state index contributed by atoms with van der Waals surface area (Å²) in [6, 6.07) is 4.16. The molecule has 2 amide bonds. The topological polar surface area (TPSA) is 61.4 Å². The molecule has 20 heavy (non-hydrogen) atoms. The van der Waals surface area contributed by atoms with Crippen molar-refractivity contribution in [2.75, 3.05) is 5.32 Å². The van der Waals surface area contributed by atoms with Crippen LogP contribution < -0.4 is 10.6 Å². The van der Waals surface area contributed by atoms with Crippen LogP contribution in [0.1, 0.15) is 42.4 Å². The second-order valence-corrected chi connectivity index (χ2v) is 5.88. The third-order valence-corrected chi connectivity index (χ3v) is 3.95. The third-order valence-electron chi connectivity index (χ3n) is 3.95. The van der Waals surface area contributed by atoms with Gasteiger partial charge in [0.05, 0.1) is 6.10 Å². The number of amides is 2. The fourth-order valence-electron chi connectivity index (χ4n) is 2.93. The number of aryl methyl sites for hydroxylation is 3. The van der Waals surface area contributed by atoms with Crippen LogP contribution in [-0.2, 0) is 0 Å². The SMILES string of the molecule is Cc1cc(C)c(NC(=O)NC2CCC(O)CC2)c(C)c1. The second-order valence-electron chi connectivity index (χ2n) is 5.88. The van der Waals surface area contributed by atoms with E-state index in [-0.39, 0.29) is 18.2 Å². The first-order chi connectivity index (χ1) is 9.45. The van der Waals surface area contributed by atoms with Crippen molar-refractivity contribution in [2.24, 2.45) is 0 Å². The summed E-state index contributed by atoms with van der Waals surface area (Å²) in [6.07, 6.45) is 3.04. The molecule has 0 radical (unpaired) electrons. The van der Waals surface area contributed by atoms with Gasteiger partial charge < -0.3 is 15.7 Å². The summed E-state index contributed by atoms with van der Waals surface area (Å²) in [4.78, 5) is 12.1. The van der Waals surface area contributed by atoms with Gasteiger partial charge in [-0.1, -0.05) is 17.7 Å². The van der Waals surface area contributed by atoms with Crippen molar-refractivity contribution in [3.05, 3.63) is 28.8 Å². The van der Waals surface area contributed by atoms with E-state index in [1.807, 2.05) is 13.8 Å². The summed E-state index contributed by atoms with van der Waals surface area (Å²) in [5.41, 5.74) is 4.25.